The van der Waals surface area contributed by atoms with E-state index in [4.69, 9.17) is 0 Å². The molecule has 0 saturated carbocycles. The van der Waals surface area contributed by atoms with Crippen LogP contribution in [-0.2, 0) is 11.3 Å². The number of carbonyl (C=O) groups excluding carboxylic acids is 1. The van der Waals surface area contributed by atoms with Crippen molar-refractivity contribution >= 4 is 34.4 Å². The lowest BCUT2D eigenvalue weighted by atomic mass is 10.1. The summed E-state index contributed by atoms with van der Waals surface area (Å²) >= 11 is 0. The first-order valence-electron chi connectivity index (χ1n) is 8.09. The topological polar surface area (TPSA) is 58.8 Å². The van der Waals surface area contributed by atoms with Gasteiger partial charge in [-0.25, -0.2) is 4.39 Å². The van der Waals surface area contributed by atoms with Gasteiger partial charge in [0.1, 0.15) is 5.82 Å². The van der Waals surface area contributed by atoms with E-state index < -0.39 is 11.7 Å². The number of aromatic nitrogens is 1. The average Bonchev–Trinajstić information content (AvgIpc) is 3.15. The molecule has 1 aromatic heterocycles. The molecule has 26 heavy (non-hydrogen) atoms. The third-order valence-electron chi connectivity index (χ3n) is 4.22. The van der Waals surface area contributed by atoms with Crippen molar-refractivity contribution in [1.29, 1.82) is 0 Å². The highest BCUT2D eigenvalue weighted by atomic mass is 19.1. The maximum Gasteiger partial charge on any atom is 0.276 e. The molecule has 0 unspecified atom stereocenters. The molecule has 0 atom stereocenters. The normalized spacial score (nSPS) is 15.0. The lowest BCUT2D eigenvalue weighted by molar-refractivity contribution is -0.110. The Morgan fingerprint density at radius 3 is 2.88 bits per heavy atom. The van der Waals surface area contributed by atoms with Crippen molar-refractivity contribution in [3.63, 3.8) is 0 Å². The van der Waals surface area contributed by atoms with Crippen LogP contribution in [0.25, 0.3) is 10.9 Å². The van der Waals surface area contributed by atoms with Gasteiger partial charge < -0.3 is 9.88 Å². The number of allylic oxidation sites excluding steroid dienone is 1. The molecule has 2 aromatic carbocycles. The van der Waals surface area contributed by atoms with E-state index in [2.05, 4.69) is 26.7 Å². The molecule has 1 aliphatic rings. The predicted octanol–water partition coefficient (Wildman–Crippen LogP) is 3.74. The van der Waals surface area contributed by atoms with Gasteiger partial charge in [-0.15, -0.1) is 11.7 Å². The van der Waals surface area contributed by atoms with Crippen LogP contribution in [0.4, 0.5) is 10.1 Å². The van der Waals surface area contributed by atoms with Gasteiger partial charge in [-0.2, -0.15) is 5.10 Å². The van der Waals surface area contributed by atoms with Crippen LogP contribution in [-0.4, -0.2) is 22.4 Å². The minimum absolute atomic E-state index is 0.102. The molecule has 0 fully saturated rings. The van der Waals surface area contributed by atoms with Crippen molar-refractivity contribution < 1.29 is 9.18 Å². The van der Waals surface area contributed by atoms with Crippen molar-refractivity contribution in [2.45, 2.75) is 6.54 Å². The summed E-state index contributed by atoms with van der Waals surface area (Å²) in [6.07, 6.45) is 5.37. The quantitative estimate of drug-likeness (QED) is 0.437. The maximum atomic E-state index is 13.8. The Balaban J connectivity index is 1.71. The fourth-order valence-corrected chi connectivity index (χ4v) is 3.06. The SMILES string of the molecule is C=CCn1cc(/C=N\N=C2\C(=O)Nc3c(F)cccc32)c2ccccc21. The Hall–Kier alpha value is -3.54. The Morgan fingerprint density at radius 2 is 2.04 bits per heavy atom. The van der Waals surface area contributed by atoms with E-state index in [1.807, 2.05) is 36.5 Å². The van der Waals surface area contributed by atoms with Gasteiger partial charge in [-0.05, 0) is 12.1 Å². The van der Waals surface area contributed by atoms with Crippen LogP contribution in [0, 0.1) is 5.82 Å². The summed E-state index contributed by atoms with van der Waals surface area (Å²) in [6.45, 7) is 4.45. The van der Waals surface area contributed by atoms with Crippen LogP contribution >= 0.6 is 0 Å². The molecule has 0 radical (unpaired) electrons. The van der Waals surface area contributed by atoms with E-state index in [1.54, 1.807) is 12.3 Å². The van der Waals surface area contributed by atoms with Crippen molar-refractivity contribution in [3.8, 4) is 0 Å². The zero-order chi connectivity index (χ0) is 18.1. The molecule has 5 nitrogen and oxygen atoms in total. The zero-order valence-electron chi connectivity index (χ0n) is 13.8. The number of nitrogens with one attached hydrogen (secondary N) is 1. The zero-order valence-corrected chi connectivity index (χ0v) is 13.8. The summed E-state index contributed by atoms with van der Waals surface area (Å²) in [5, 5.41) is 11.6. The van der Waals surface area contributed by atoms with Crippen molar-refractivity contribution in [3.05, 3.63) is 78.3 Å². The fourth-order valence-electron chi connectivity index (χ4n) is 3.06. The number of fused-ring (bicyclic) bond motifs is 2. The Kier molecular flexibility index (Phi) is 3.93. The summed E-state index contributed by atoms with van der Waals surface area (Å²) in [4.78, 5) is 12.0. The number of amides is 1. The number of halogens is 1. The van der Waals surface area contributed by atoms with Crippen molar-refractivity contribution in [1.82, 2.24) is 4.57 Å². The minimum Gasteiger partial charge on any atom is -0.343 e. The highest BCUT2D eigenvalue weighted by Crippen LogP contribution is 2.26. The first-order valence-corrected chi connectivity index (χ1v) is 8.09. The Labute approximate surface area is 149 Å². The molecule has 128 valence electrons. The lowest BCUT2D eigenvalue weighted by Crippen LogP contribution is -2.13. The second-order valence-corrected chi connectivity index (χ2v) is 5.85. The van der Waals surface area contributed by atoms with Crippen LogP contribution in [0.1, 0.15) is 11.1 Å². The Morgan fingerprint density at radius 1 is 1.19 bits per heavy atom. The van der Waals surface area contributed by atoms with Crippen LogP contribution in [0.3, 0.4) is 0 Å². The third kappa shape index (κ3) is 2.61. The molecule has 1 N–H and O–H groups in total. The number of carbonyl (C=O) groups is 1. The first-order chi connectivity index (χ1) is 12.7. The molecule has 1 aliphatic heterocycles. The highest BCUT2D eigenvalue weighted by Gasteiger charge is 2.28. The van der Waals surface area contributed by atoms with E-state index >= 15 is 0 Å². The van der Waals surface area contributed by atoms with Gasteiger partial charge in [0.25, 0.3) is 5.91 Å². The largest absolute Gasteiger partial charge is 0.343 e. The van der Waals surface area contributed by atoms with Crippen LogP contribution in [0.5, 0.6) is 0 Å². The van der Waals surface area contributed by atoms with Gasteiger partial charge in [0.2, 0.25) is 0 Å². The first kappa shape index (κ1) is 16.0. The van der Waals surface area contributed by atoms with Gasteiger partial charge in [0.05, 0.1) is 11.9 Å². The maximum absolute atomic E-state index is 13.8. The van der Waals surface area contributed by atoms with Gasteiger partial charge in [-0.1, -0.05) is 36.4 Å². The number of anilines is 1. The van der Waals surface area contributed by atoms with Crippen molar-refractivity contribution in [2.75, 3.05) is 5.32 Å². The van der Waals surface area contributed by atoms with Gasteiger partial charge in [-0.3, -0.25) is 4.79 Å². The summed E-state index contributed by atoms with van der Waals surface area (Å²) in [7, 11) is 0. The average molecular weight is 346 g/mol. The molecule has 0 saturated heterocycles. The molecule has 1 amide bonds. The van der Waals surface area contributed by atoms with Crippen LogP contribution in [0.2, 0.25) is 0 Å². The van der Waals surface area contributed by atoms with Crippen LogP contribution < -0.4 is 5.32 Å². The molecular formula is C20H15FN4O. The predicted molar refractivity (Wildman–Crippen MR) is 101 cm³/mol. The molecule has 4 rings (SSSR count). The molecule has 0 bridgehead atoms. The van der Waals surface area contributed by atoms with Gasteiger partial charge in [0, 0.05) is 34.8 Å². The molecule has 0 aliphatic carbocycles. The van der Waals surface area contributed by atoms with Gasteiger partial charge >= 0.3 is 0 Å². The van der Waals surface area contributed by atoms with Crippen molar-refractivity contribution in [2.24, 2.45) is 10.2 Å². The molecule has 0 spiro atoms. The Bertz CT molecular complexity index is 1090. The van der Waals surface area contributed by atoms with Crippen LogP contribution in [0.15, 0.2) is 71.5 Å². The number of para-hydroxylation sites is 2. The monoisotopic (exact) mass is 346 g/mol. The van der Waals surface area contributed by atoms with E-state index in [9.17, 15) is 9.18 Å². The summed E-state index contributed by atoms with van der Waals surface area (Å²) in [5.74, 6) is -0.950. The smallest absolute Gasteiger partial charge is 0.276 e. The van der Waals surface area contributed by atoms with E-state index in [1.165, 1.54) is 12.1 Å². The molecule has 6 heteroatoms. The number of hydrogen-bond acceptors (Lipinski definition) is 3. The second-order valence-electron chi connectivity index (χ2n) is 5.85. The number of nitrogens with zero attached hydrogens (tertiary/aromatic N) is 3. The highest BCUT2D eigenvalue weighted by molar-refractivity contribution is 6.53. The van der Waals surface area contributed by atoms with E-state index in [-0.39, 0.29) is 11.4 Å². The number of hydrogen-bond donors (Lipinski definition) is 1. The van der Waals surface area contributed by atoms with E-state index in [0.29, 0.717) is 12.1 Å². The van der Waals surface area contributed by atoms with Gasteiger partial charge in [0.15, 0.2) is 5.71 Å². The molecular weight excluding hydrogens is 331 g/mol. The standard InChI is InChI=1S/C20H15FN4O/c1-2-10-25-12-13(14-6-3-4-9-17(14)25)11-22-24-19-15-7-5-8-16(21)18(15)23-20(19)26/h2-9,11-12H,1,10H2,(H,23,24,26)/b22-11-. The van der Waals surface area contributed by atoms with E-state index in [0.717, 1.165) is 16.5 Å². The number of benzene rings is 2. The lowest BCUT2D eigenvalue weighted by Gasteiger charge is -1.98. The summed E-state index contributed by atoms with van der Waals surface area (Å²) in [5.41, 5.74) is 2.61. The minimum atomic E-state index is -0.488. The third-order valence-corrected chi connectivity index (χ3v) is 4.22. The summed E-state index contributed by atoms with van der Waals surface area (Å²) < 4.78 is 15.8. The molecule has 2 heterocycles. The number of rotatable bonds is 4. The molecule has 3 aromatic rings. The second kappa shape index (κ2) is 6.40. The fraction of sp³-hybridized carbons (Fsp3) is 0.0500. The summed E-state index contributed by atoms with van der Waals surface area (Å²) in [6, 6.07) is 12.4.